The van der Waals surface area contributed by atoms with Gasteiger partial charge in [-0.15, -0.1) is 0 Å². The highest BCUT2D eigenvalue weighted by molar-refractivity contribution is 6.30. The molecule has 0 saturated carbocycles. The molecule has 0 spiro atoms. The van der Waals surface area contributed by atoms with Gasteiger partial charge in [0, 0.05) is 17.6 Å². The van der Waals surface area contributed by atoms with E-state index < -0.39 is 5.60 Å². The van der Waals surface area contributed by atoms with E-state index in [4.69, 9.17) is 11.6 Å². The monoisotopic (exact) mass is 487 g/mol. The maximum Gasteiger partial charge on any atom is 0.248 e. The number of aryl methyl sites for hydroxylation is 1. The van der Waals surface area contributed by atoms with Gasteiger partial charge in [0.05, 0.1) is 29.9 Å². The number of tetrazole rings is 1. The lowest BCUT2D eigenvalue weighted by atomic mass is 9.81. The molecule has 0 bridgehead atoms. The van der Waals surface area contributed by atoms with E-state index in [1.807, 2.05) is 42.5 Å². The van der Waals surface area contributed by atoms with Crippen LogP contribution in [0.1, 0.15) is 34.0 Å². The van der Waals surface area contributed by atoms with Crippen molar-refractivity contribution in [3.05, 3.63) is 118 Å². The lowest BCUT2D eigenvalue weighted by Gasteiger charge is -2.33. The minimum atomic E-state index is -1.60. The molecule has 2 unspecified atom stereocenters. The first-order valence-electron chi connectivity index (χ1n) is 10.9. The molecule has 3 heterocycles. The van der Waals surface area contributed by atoms with Gasteiger partial charge in [-0.05, 0) is 63.5 Å². The van der Waals surface area contributed by atoms with Gasteiger partial charge in [0.15, 0.2) is 5.60 Å². The summed E-state index contributed by atoms with van der Waals surface area (Å²) < 4.78 is 17.1. The summed E-state index contributed by atoms with van der Waals surface area (Å²) in [7, 11) is 1.80. The van der Waals surface area contributed by atoms with Crippen LogP contribution in [0.4, 0.5) is 10.3 Å². The largest absolute Gasteiger partial charge is 0.374 e. The molecule has 8 nitrogen and oxygen atoms in total. The minimum Gasteiger partial charge on any atom is -0.374 e. The Labute approximate surface area is 204 Å². The fourth-order valence-corrected chi connectivity index (χ4v) is 4.86. The van der Waals surface area contributed by atoms with Crippen molar-refractivity contribution in [3.8, 4) is 5.69 Å². The summed E-state index contributed by atoms with van der Waals surface area (Å²) in [5.74, 6) is 0.110. The average Bonchev–Trinajstić information content (AvgIpc) is 3.52. The second-order valence-corrected chi connectivity index (χ2v) is 8.86. The average molecular weight is 488 g/mol. The number of aliphatic hydroxyl groups is 1. The van der Waals surface area contributed by atoms with E-state index in [-0.39, 0.29) is 11.9 Å². The highest BCUT2D eigenvalue weighted by atomic mass is 35.5. The summed E-state index contributed by atoms with van der Waals surface area (Å²) >= 11 is 6.30. The summed E-state index contributed by atoms with van der Waals surface area (Å²) in [5.41, 5.74) is 2.54. The second-order valence-electron chi connectivity index (χ2n) is 8.43. The predicted octanol–water partition coefficient (Wildman–Crippen LogP) is 3.99. The van der Waals surface area contributed by atoms with Crippen LogP contribution in [0.25, 0.3) is 5.69 Å². The third-order valence-corrected chi connectivity index (χ3v) is 6.59. The molecule has 0 saturated heterocycles. The molecule has 10 heteroatoms. The molecule has 0 radical (unpaired) electrons. The van der Waals surface area contributed by atoms with Crippen molar-refractivity contribution in [1.29, 1.82) is 0 Å². The van der Waals surface area contributed by atoms with Crippen LogP contribution in [0, 0.1) is 5.82 Å². The number of anilines is 1. The standard InChI is InChI=1S/C25H19ClFN7O/c1-33-14-28-13-22(33)25(35,16-5-8-19(27)9-6-16)17-7-10-21-20(12-17)23(15-3-2-4-18(26)11-15)29-24-30-31-32-34(21)24/h2-14,23,35H,1H3,(H,29,30,32). The Kier molecular flexibility index (Phi) is 4.91. The molecule has 2 aromatic heterocycles. The van der Waals surface area contributed by atoms with Crippen LogP contribution < -0.4 is 5.32 Å². The summed E-state index contributed by atoms with van der Waals surface area (Å²) in [5, 5.41) is 28.3. The van der Waals surface area contributed by atoms with Crippen molar-refractivity contribution in [2.24, 2.45) is 7.05 Å². The molecule has 1 aliphatic rings. The molecule has 0 fully saturated rings. The van der Waals surface area contributed by atoms with Crippen molar-refractivity contribution in [1.82, 2.24) is 29.8 Å². The quantitative estimate of drug-likeness (QED) is 0.398. The predicted molar refractivity (Wildman–Crippen MR) is 128 cm³/mol. The molecule has 3 aromatic carbocycles. The summed E-state index contributed by atoms with van der Waals surface area (Å²) in [6.07, 6.45) is 3.22. The van der Waals surface area contributed by atoms with Crippen LogP contribution in [-0.4, -0.2) is 34.9 Å². The zero-order valence-corrected chi connectivity index (χ0v) is 19.2. The number of imidazole rings is 1. The number of halogens is 2. The van der Waals surface area contributed by atoms with E-state index in [9.17, 15) is 9.50 Å². The fourth-order valence-electron chi connectivity index (χ4n) is 4.66. The third kappa shape index (κ3) is 3.39. The lowest BCUT2D eigenvalue weighted by molar-refractivity contribution is 0.117. The Hall–Kier alpha value is -4.08. The maximum absolute atomic E-state index is 13.8. The van der Waals surface area contributed by atoms with Crippen molar-refractivity contribution in [3.63, 3.8) is 0 Å². The van der Waals surface area contributed by atoms with Gasteiger partial charge in [0.2, 0.25) is 5.95 Å². The molecule has 2 atom stereocenters. The molecule has 35 heavy (non-hydrogen) atoms. The Morgan fingerprint density at radius 3 is 2.60 bits per heavy atom. The number of nitrogens with zero attached hydrogens (tertiary/aromatic N) is 6. The Bertz CT molecular complexity index is 1550. The van der Waals surface area contributed by atoms with Crippen LogP contribution in [0.5, 0.6) is 0 Å². The third-order valence-electron chi connectivity index (χ3n) is 6.36. The first-order chi connectivity index (χ1) is 16.9. The number of hydrogen-bond donors (Lipinski definition) is 2. The van der Waals surface area contributed by atoms with E-state index >= 15 is 0 Å². The smallest absolute Gasteiger partial charge is 0.248 e. The van der Waals surface area contributed by atoms with E-state index in [2.05, 4.69) is 25.8 Å². The number of rotatable bonds is 4. The molecular formula is C25H19ClFN7O. The van der Waals surface area contributed by atoms with Crippen LogP contribution in [0.15, 0.2) is 79.3 Å². The maximum atomic E-state index is 13.8. The van der Waals surface area contributed by atoms with Crippen LogP contribution in [0.2, 0.25) is 5.02 Å². The number of aromatic nitrogens is 6. The summed E-state index contributed by atoms with van der Waals surface area (Å²) in [6, 6.07) is 18.6. The Morgan fingerprint density at radius 1 is 1.06 bits per heavy atom. The SMILES string of the molecule is Cn1cncc1C(O)(c1ccc(F)cc1)c1ccc2c(c1)C(c1cccc(Cl)c1)Nc1nnnn1-2. The van der Waals surface area contributed by atoms with Crippen molar-refractivity contribution < 1.29 is 9.50 Å². The topological polar surface area (TPSA) is 93.7 Å². The van der Waals surface area contributed by atoms with Crippen molar-refractivity contribution in [2.45, 2.75) is 11.6 Å². The number of fused-ring (bicyclic) bond motifs is 3. The van der Waals surface area contributed by atoms with Gasteiger partial charge in [0.25, 0.3) is 0 Å². The molecule has 2 N–H and O–H groups in total. The summed E-state index contributed by atoms with van der Waals surface area (Å²) in [4.78, 5) is 4.21. The second kappa shape index (κ2) is 8.00. The van der Waals surface area contributed by atoms with Gasteiger partial charge in [0.1, 0.15) is 5.82 Å². The molecule has 6 rings (SSSR count). The highest BCUT2D eigenvalue weighted by Gasteiger charge is 2.38. The molecule has 0 amide bonds. The van der Waals surface area contributed by atoms with E-state index in [0.29, 0.717) is 27.8 Å². The summed E-state index contributed by atoms with van der Waals surface area (Å²) in [6.45, 7) is 0. The fraction of sp³-hybridized carbons (Fsp3) is 0.120. The van der Waals surface area contributed by atoms with Gasteiger partial charge >= 0.3 is 0 Å². The van der Waals surface area contributed by atoms with Crippen molar-refractivity contribution >= 4 is 17.5 Å². The first kappa shape index (κ1) is 21.5. The number of hydrogen-bond acceptors (Lipinski definition) is 6. The Morgan fingerprint density at radius 2 is 1.86 bits per heavy atom. The zero-order chi connectivity index (χ0) is 24.2. The number of benzene rings is 3. The zero-order valence-electron chi connectivity index (χ0n) is 18.5. The molecule has 1 aliphatic heterocycles. The van der Waals surface area contributed by atoms with E-state index in [1.54, 1.807) is 41.0 Å². The lowest BCUT2D eigenvalue weighted by Crippen LogP contribution is -2.32. The minimum absolute atomic E-state index is 0.328. The normalized spacial score (nSPS) is 16.2. The molecular weight excluding hydrogens is 469 g/mol. The number of nitrogens with one attached hydrogen (secondary N) is 1. The van der Waals surface area contributed by atoms with Crippen molar-refractivity contribution in [2.75, 3.05) is 5.32 Å². The van der Waals surface area contributed by atoms with Gasteiger partial charge in [-0.2, -0.15) is 4.68 Å². The molecule has 5 aromatic rings. The molecule has 174 valence electrons. The van der Waals surface area contributed by atoms with E-state index in [0.717, 1.165) is 16.8 Å². The van der Waals surface area contributed by atoms with Crippen LogP contribution >= 0.6 is 11.6 Å². The van der Waals surface area contributed by atoms with Crippen LogP contribution in [0.3, 0.4) is 0 Å². The Balaban J connectivity index is 1.59. The van der Waals surface area contributed by atoms with E-state index in [1.165, 1.54) is 12.1 Å². The van der Waals surface area contributed by atoms with Crippen LogP contribution in [-0.2, 0) is 12.6 Å². The molecule has 0 aliphatic carbocycles. The van der Waals surface area contributed by atoms with Gasteiger partial charge in [-0.3, -0.25) is 0 Å². The van der Waals surface area contributed by atoms with Gasteiger partial charge in [-0.1, -0.05) is 47.0 Å². The van der Waals surface area contributed by atoms with Gasteiger partial charge < -0.3 is 15.0 Å². The first-order valence-corrected chi connectivity index (χ1v) is 11.2. The highest BCUT2D eigenvalue weighted by Crippen LogP contribution is 2.42. The van der Waals surface area contributed by atoms with Gasteiger partial charge in [-0.25, -0.2) is 9.37 Å².